The zero-order valence-electron chi connectivity index (χ0n) is 12.5. The molecule has 0 atom stereocenters. The Kier molecular flexibility index (Phi) is 6.13. The lowest BCUT2D eigenvalue weighted by molar-refractivity contribution is -0.151. The molecule has 0 spiro atoms. The molecule has 0 aliphatic rings. The first-order valence-electron chi connectivity index (χ1n) is 6.42. The summed E-state index contributed by atoms with van der Waals surface area (Å²) >= 11 is 8.82. The molecule has 0 aromatic carbocycles. The van der Waals surface area contributed by atoms with E-state index in [4.69, 9.17) is 11.6 Å². The molecule has 21 heavy (non-hydrogen) atoms. The Morgan fingerprint density at radius 3 is 2.43 bits per heavy atom. The first-order valence-corrected chi connectivity index (χ1v) is 8.77. The van der Waals surface area contributed by atoms with Crippen molar-refractivity contribution in [2.45, 2.75) is 39.0 Å². The van der Waals surface area contributed by atoms with E-state index in [0.29, 0.717) is 5.75 Å². The van der Waals surface area contributed by atoms with Crippen molar-refractivity contribution in [3.63, 3.8) is 0 Å². The van der Waals surface area contributed by atoms with Crippen LogP contribution in [0.2, 0.25) is 4.34 Å². The lowest BCUT2D eigenvalue weighted by atomic mass is 9.74. The number of halogens is 1. The summed E-state index contributed by atoms with van der Waals surface area (Å²) in [5.41, 5.74) is -1.88. The molecule has 0 saturated carbocycles. The van der Waals surface area contributed by atoms with Crippen molar-refractivity contribution in [1.29, 1.82) is 0 Å². The van der Waals surface area contributed by atoms with Gasteiger partial charge in [-0.1, -0.05) is 11.6 Å². The average Bonchev–Trinajstić information content (AvgIpc) is 2.73. The van der Waals surface area contributed by atoms with E-state index in [9.17, 15) is 14.7 Å². The summed E-state index contributed by atoms with van der Waals surface area (Å²) < 4.78 is 0.736. The molecule has 0 fully saturated rings. The van der Waals surface area contributed by atoms with Crippen molar-refractivity contribution in [2.75, 3.05) is 5.75 Å². The minimum Gasteiger partial charge on any atom is -0.481 e. The summed E-state index contributed by atoms with van der Waals surface area (Å²) in [5, 5.41) is 12.1. The van der Waals surface area contributed by atoms with Crippen LogP contribution in [0.25, 0.3) is 0 Å². The van der Waals surface area contributed by atoms with Crippen LogP contribution in [0.1, 0.15) is 32.6 Å². The van der Waals surface area contributed by atoms with Crippen molar-refractivity contribution in [3.8, 4) is 0 Å². The Balaban J connectivity index is 2.48. The number of amides is 1. The number of nitrogens with one attached hydrogen (secondary N) is 1. The highest BCUT2D eigenvalue weighted by atomic mass is 35.5. The maximum atomic E-state index is 12.0. The van der Waals surface area contributed by atoms with Crippen LogP contribution in [-0.4, -0.2) is 28.3 Å². The van der Waals surface area contributed by atoms with E-state index in [2.05, 4.69) is 5.32 Å². The molecule has 0 unspecified atom stereocenters. The van der Waals surface area contributed by atoms with Crippen LogP contribution >= 0.6 is 34.7 Å². The second-order valence-corrected chi connectivity index (χ2v) is 8.59. The zero-order valence-corrected chi connectivity index (χ0v) is 14.9. The maximum Gasteiger partial charge on any atom is 0.311 e. The number of hydrogen-bond acceptors (Lipinski definition) is 4. The SMILES string of the molecule is CC(C)(NC(=O)CSCc1ccc(Cl)s1)C(C)(C)C(=O)O. The monoisotopic (exact) mass is 349 g/mol. The number of carbonyl (C=O) groups excluding carboxylic acids is 1. The third-order valence-corrected chi connectivity index (χ3v) is 6.05. The fraction of sp³-hybridized carbons (Fsp3) is 0.571. The van der Waals surface area contributed by atoms with E-state index in [-0.39, 0.29) is 11.7 Å². The Hall–Kier alpha value is -0.720. The molecule has 0 saturated heterocycles. The number of carboxylic acid groups (broad SMARTS) is 1. The Morgan fingerprint density at radius 2 is 1.95 bits per heavy atom. The van der Waals surface area contributed by atoms with Crippen LogP contribution in [0.4, 0.5) is 0 Å². The van der Waals surface area contributed by atoms with Gasteiger partial charge in [0, 0.05) is 16.2 Å². The molecule has 1 rings (SSSR count). The summed E-state index contributed by atoms with van der Waals surface area (Å²) in [5.74, 6) is -0.0991. The molecule has 0 bridgehead atoms. The first-order chi connectivity index (χ1) is 9.56. The van der Waals surface area contributed by atoms with Gasteiger partial charge in [0.05, 0.1) is 15.5 Å². The quantitative estimate of drug-likeness (QED) is 0.788. The molecule has 4 nitrogen and oxygen atoms in total. The second-order valence-electron chi connectivity index (χ2n) is 5.80. The Bertz CT molecular complexity index is 526. The highest BCUT2D eigenvalue weighted by molar-refractivity contribution is 7.99. The Morgan fingerprint density at radius 1 is 1.33 bits per heavy atom. The molecule has 7 heteroatoms. The van der Waals surface area contributed by atoms with Crippen LogP contribution in [0, 0.1) is 5.41 Å². The molecule has 1 aromatic heterocycles. The molecule has 0 radical (unpaired) electrons. The highest BCUT2D eigenvalue weighted by Crippen LogP contribution is 2.31. The molecule has 118 valence electrons. The summed E-state index contributed by atoms with van der Waals surface area (Å²) in [7, 11) is 0. The predicted octanol–water partition coefficient (Wildman–Crippen LogP) is 3.64. The van der Waals surface area contributed by atoms with E-state index >= 15 is 0 Å². The minimum atomic E-state index is -1.05. The van der Waals surface area contributed by atoms with Gasteiger partial charge in [0.1, 0.15) is 0 Å². The summed E-state index contributed by atoms with van der Waals surface area (Å²) in [4.78, 5) is 24.4. The topological polar surface area (TPSA) is 66.4 Å². The normalized spacial score (nSPS) is 12.2. The van der Waals surface area contributed by atoms with E-state index in [1.54, 1.807) is 27.7 Å². The smallest absolute Gasteiger partial charge is 0.311 e. The van der Waals surface area contributed by atoms with Gasteiger partial charge in [-0.25, -0.2) is 0 Å². The van der Waals surface area contributed by atoms with Gasteiger partial charge in [-0.15, -0.1) is 23.1 Å². The molecular formula is C14H20ClNO3S2. The zero-order chi connectivity index (χ0) is 16.3. The molecule has 1 heterocycles. The number of aliphatic carboxylic acids is 1. The van der Waals surface area contributed by atoms with Crippen molar-refractivity contribution in [3.05, 3.63) is 21.3 Å². The Labute approximate surface area is 138 Å². The molecule has 0 aliphatic heterocycles. The van der Waals surface area contributed by atoms with Gasteiger partial charge < -0.3 is 10.4 Å². The second kappa shape index (κ2) is 7.03. The van der Waals surface area contributed by atoms with Crippen molar-refractivity contribution in [1.82, 2.24) is 5.32 Å². The molecule has 2 N–H and O–H groups in total. The van der Waals surface area contributed by atoms with Gasteiger partial charge in [-0.2, -0.15) is 0 Å². The van der Waals surface area contributed by atoms with Crippen molar-refractivity contribution < 1.29 is 14.7 Å². The van der Waals surface area contributed by atoms with Gasteiger partial charge in [-0.05, 0) is 39.8 Å². The molecule has 0 aliphatic carbocycles. The largest absolute Gasteiger partial charge is 0.481 e. The van der Waals surface area contributed by atoms with Gasteiger partial charge in [-0.3, -0.25) is 9.59 Å². The number of carbonyl (C=O) groups is 2. The van der Waals surface area contributed by atoms with Crippen LogP contribution in [0.3, 0.4) is 0 Å². The average molecular weight is 350 g/mol. The number of rotatable bonds is 7. The number of thiophene rings is 1. The summed E-state index contributed by atoms with van der Waals surface area (Å²) in [6.45, 7) is 6.66. The van der Waals surface area contributed by atoms with E-state index in [1.807, 2.05) is 12.1 Å². The standard InChI is InChI=1S/C14H20ClNO3S2/c1-13(2,12(18)19)14(3,4)16-11(17)8-20-7-9-5-6-10(15)21-9/h5-6H,7-8H2,1-4H3,(H,16,17)(H,18,19). The maximum absolute atomic E-state index is 12.0. The van der Waals surface area contributed by atoms with Gasteiger partial charge in [0.2, 0.25) is 5.91 Å². The molecule has 1 amide bonds. The lowest BCUT2D eigenvalue weighted by Gasteiger charge is -2.38. The summed E-state index contributed by atoms with van der Waals surface area (Å²) in [6.07, 6.45) is 0. The summed E-state index contributed by atoms with van der Waals surface area (Å²) in [6, 6.07) is 3.77. The fourth-order valence-electron chi connectivity index (χ4n) is 1.48. The van der Waals surface area contributed by atoms with Crippen molar-refractivity contribution >= 4 is 46.6 Å². The van der Waals surface area contributed by atoms with Crippen LogP contribution in [-0.2, 0) is 15.3 Å². The first kappa shape index (κ1) is 18.3. The number of hydrogen-bond donors (Lipinski definition) is 2. The van der Waals surface area contributed by atoms with Gasteiger partial charge in [0.15, 0.2) is 0 Å². The van der Waals surface area contributed by atoms with Crippen LogP contribution in [0.5, 0.6) is 0 Å². The number of thioether (sulfide) groups is 1. The van der Waals surface area contributed by atoms with Gasteiger partial charge >= 0.3 is 5.97 Å². The van der Waals surface area contributed by atoms with Gasteiger partial charge in [0.25, 0.3) is 0 Å². The third kappa shape index (κ3) is 4.90. The molecular weight excluding hydrogens is 330 g/mol. The molecule has 1 aromatic rings. The highest BCUT2D eigenvalue weighted by Gasteiger charge is 2.44. The van der Waals surface area contributed by atoms with Crippen LogP contribution in [0.15, 0.2) is 12.1 Å². The fourth-order valence-corrected chi connectivity index (χ4v) is 3.51. The van der Waals surface area contributed by atoms with E-state index in [0.717, 1.165) is 9.21 Å². The van der Waals surface area contributed by atoms with Crippen molar-refractivity contribution in [2.24, 2.45) is 5.41 Å². The minimum absolute atomic E-state index is 0.165. The third-order valence-electron chi connectivity index (χ3n) is 3.66. The predicted molar refractivity (Wildman–Crippen MR) is 89.1 cm³/mol. The number of carboxylic acids is 1. The lowest BCUT2D eigenvalue weighted by Crippen LogP contribution is -2.57. The van der Waals surface area contributed by atoms with E-state index in [1.165, 1.54) is 23.1 Å². The van der Waals surface area contributed by atoms with E-state index < -0.39 is 16.9 Å². The van der Waals surface area contributed by atoms with Crippen LogP contribution < -0.4 is 5.32 Å².